The highest BCUT2D eigenvalue weighted by Gasteiger charge is 2.42. The fraction of sp³-hybridized carbons (Fsp3) is 0.588. The lowest BCUT2D eigenvalue weighted by Gasteiger charge is -2.11. The molecule has 0 bridgehead atoms. The van der Waals surface area contributed by atoms with Gasteiger partial charge in [0, 0.05) is 23.6 Å². The minimum Gasteiger partial charge on any atom is -0.312 e. The van der Waals surface area contributed by atoms with Crippen molar-refractivity contribution in [3.8, 4) is 6.07 Å². The molecule has 1 fully saturated rings. The van der Waals surface area contributed by atoms with E-state index in [0.29, 0.717) is 11.3 Å². The Hall–Kier alpha value is -0.980. The van der Waals surface area contributed by atoms with Gasteiger partial charge < -0.3 is 5.32 Å². The first-order valence-corrected chi connectivity index (χ1v) is 8.41. The largest absolute Gasteiger partial charge is 0.312 e. The molecule has 1 aliphatic carbocycles. The quantitative estimate of drug-likeness (QED) is 0.728. The highest BCUT2D eigenvalue weighted by molar-refractivity contribution is 7.99. The van der Waals surface area contributed by atoms with Gasteiger partial charge in [-0.3, -0.25) is 0 Å². The Morgan fingerprint density at radius 1 is 1.30 bits per heavy atom. The number of hydrogen-bond donors (Lipinski definition) is 1. The Balaban J connectivity index is 1.76. The van der Waals surface area contributed by atoms with Crippen molar-refractivity contribution >= 4 is 11.8 Å². The van der Waals surface area contributed by atoms with Crippen LogP contribution >= 0.6 is 11.8 Å². The van der Waals surface area contributed by atoms with Gasteiger partial charge in [-0.2, -0.15) is 5.26 Å². The van der Waals surface area contributed by atoms with Gasteiger partial charge in [0.1, 0.15) is 0 Å². The Morgan fingerprint density at radius 2 is 2.00 bits per heavy atom. The van der Waals surface area contributed by atoms with Gasteiger partial charge in [-0.05, 0) is 48.4 Å². The maximum Gasteiger partial charge on any atom is 0.0627 e. The van der Waals surface area contributed by atoms with Crippen molar-refractivity contribution in [1.82, 2.24) is 5.32 Å². The summed E-state index contributed by atoms with van der Waals surface area (Å²) in [5.41, 5.74) is 1.67. The van der Waals surface area contributed by atoms with Crippen molar-refractivity contribution in [2.45, 2.75) is 44.6 Å². The Labute approximate surface area is 127 Å². The molecule has 1 aromatic carbocycles. The average molecular weight is 288 g/mol. The highest BCUT2D eigenvalue weighted by atomic mass is 32.2. The van der Waals surface area contributed by atoms with E-state index in [1.54, 1.807) is 0 Å². The molecule has 0 unspecified atom stereocenters. The van der Waals surface area contributed by atoms with E-state index < -0.39 is 0 Å². The van der Waals surface area contributed by atoms with Gasteiger partial charge in [0.05, 0.1) is 6.07 Å². The zero-order chi connectivity index (χ0) is 14.4. The van der Waals surface area contributed by atoms with E-state index in [0.717, 1.165) is 25.3 Å². The van der Waals surface area contributed by atoms with Crippen LogP contribution in [0.15, 0.2) is 29.2 Å². The van der Waals surface area contributed by atoms with Crippen LogP contribution in [0, 0.1) is 22.7 Å². The molecule has 3 heteroatoms. The van der Waals surface area contributed by atoms with Gasteiger partial charge in [0.25, 0.3) is 0 Å². The molecule has 0 radical (unpaired) electrons. The van der Waals surface area contributed by atoms with Crippen molar-refractivity contribution < 1.29 is 0 Å². The summed E-state index contributed by atoms with van der Waals surface area (Å²) in [6.07, 6.45) is 3.17. The first-order chi connectivity index (χ1) is 9.63. The van der Waals surface area contributed by atoms with Gasteiger partial charge in [-0.1, -0.05) is 26.0 Å². The average Bonchev–Trinajstić information content (AvgIpc) is 3.18. The molecular weight excluding hydrogens is 264 g/mol. The smallest absolute Gasteiger partial charge is 0.0627 e. The molecule has 0 amide bonds. The van der Waals surface area contributed by atoms with E-state index in [2.05, 4.69) is 49.5 Å². The number of hydrogen-bond acceptors (Lipinski definition) is 3. The molecule has 1 saturated carbocycles. The van der Waals surface area contributed by atoms with Gasteiger partial charge in [-0.25, -0.2) is 0 Å². The second kappa shape index (κ2) is 7.15. The van der Waals surface area contributed by atoms with Gasteiger partial charge in [0.15, 0.2) is 0 Å². The van der Waals surface area contributed by atoms with Gasteiger partial charge in [-0.15, -0.1) is 11.8 Å². The first kappa shape index (κ1) is 15.4. The predicted molar refractivity (Wildman–Crippen MR) is 85.6 cm³/mol. The fourth-order valence-corrected chi connectivity index (χ4v) is 3.35. The van der Waals surface area contributed by atoms with Crippen LogP contribution in [0.1, 0.15) is 38.7 Å². The van der Waals surface area contributed by atoms with Crippen molar-refractivity contribution in [2.24, 2.45) is 11.3 Å². The van der Waals surface area contributed by atoms with Crippen molar-refractivity contribution in [2.75, 3.05) is 12.3 Å². The van der Waals surface area contributed by atoms with Crippen LogP contribution in [0.25, 0.3) is 0 Å². The molecule has 2 nitrogen and oxygen atoms in total. The third-order valence-electron chi connectivity index (χ3n) is 3.76. The Kier molecular flexibility index (Phi) is 5.51. The van der Waals surface area contributed by atoms with E-state index in [1.807, 2.05) is 11.8 Å². The van der Waals surface area contributed by atoms with Crippen LogP contribution in [-0.4, -0.2) is 12.3 Å². The minimum absolute atomic E-state index is 0.330. The van der Waals surface area contributed by atoms with Crippen LogP contribution in [0.3, 0.4) is 0 Å². The zero-order valence-electron chi connectivity index (χ0n) is 12.5. The predicted octanol–water partition coefficient (Wildman–Crippen LogP) is 4.22. The number of nitriles is 1. The lowest BCUT2D eigenvalue weighted by Crippen LogP contribution is -2.18. The molecule has 108 valence electrons. The summed E-state index contributed by atoms with van der Waals surface area (Å²) < 4.78 is 0. The van der Waals surface area contributed by atoms with Crippen molar-refractivity contribution in [3.63, 3.8) is 0 Å². The number of rotatable bonds is 8. The Bertz CT molecular complexity index is 455. The zero-order valence-corrected chi connectivity index (χ0v) is 13.3. The maximum atomic E-state index is 8.83. The van der Waals surface area contributed by atoms with E-state index in [4.69, 9.17) is 5.26 Å². The van der Waals surface area contributed by atoms with Crippen LogP contribution in [0.4, 0.5) is 0 Å². The van der Waals surface area contributed by atoms with Crippen molar-refractivity contribution in [1.29, 1.82) is 5.26 Å². The number of benzene rings is 1. The van der Waals surface area contributed by atoms with E-state index in [9.17, 15) is 0 Å². The first-order valence-electron chi connectivity index (χ1n) is 7.43. The molecule has 0 saturated heterocycles. The molecule has 0 atom stereocenters. The fourth-order valence-electron chi connectivity index (χ4n) is 2.16. The summed E-state index contributed by atoms with van der Waals surface area (Å²) in [5.74, 6) is 1.78. The van der Waals surface area contributed by atoms with E-state index in [-0.39, 0.29) is 0 Å². The molecular formula is C17H24N2S. The molecule has 0 aromatic heterocycles. The molecule has 1 aliphatic rings. The number of thioether (sulfide) groups is 1. The Morgan fingerprint density at radius 3 is 2.55 bits per heavy atom. The molecule has 0 spiro atoms. The second-order valence-corrected chi connectivity index (χ2v) is 7.34. The summed E-state index contributed by atoms with van der Waals surface area (Å²) in [6, 6.07) is 11.2. The lowest BCUT2D eigenvalue weighted by molar-refractivity contribution is 0.552. The maximum absolute atomic E-state index is 8.83. The number of nitrogens with zero attached hydrogens (tertiary/aromatic N) is 1. The van der Waals surface area contributed by atoms with Crippen LogP contribution in [0.5, 0.6) is 0 Å². The molecule has 2 rings (SSSR count). The molecule has 0 heterocycles. The summed E-state index contributed by atoms with van der Waals surface area (Å²) in [7, 11) is 0. The van der Waals surface area contributed by atoms with Crippen LogP contribution < -0.4 is 5.32 Å². The summed E-state index contributed by atoms with van der Waals surface area (Å²) in [6.45, 7) is 6.46. The van der Waals surface area contributed by atoms with Crippen LogP contribution in [-0.2, 0) is 6.54 Å². The second-order valence-electron chi connectivity index (χ2n) is 6.29. The summed E-state index contributed by atoms with van der Waals surface area (Å²) >= 11 is 1.90. The minimum atomic E-state index is 0.330. The molecule has 1 aromatic rings. The number of nitrogens with one attached hydrogen (secondary N) is 1. The lowest BCUT2D eigenvalue weighted by atomic mass is 10.1. The normalized spacial score (nSPS) is 16.1. The standard InChI is InChI=1S/C17H24N2S/c1-14(2)11-19-12-15-3-5-16(6-4-15)20-13-17(7-8-17)9-10-18/h3-6,14,19H,7-9,11-13H2,1-2H3. The molecule has 20 heavy (non-hydrogen) atoms. The van der Waals surface area contributed by atoms with Crippen molar-refractivity contribution in [3.05, 3.63) is 29.8 Å². The van der Waals surface area contributed by atoms with Gasteiger partial charge in [0.2, 0.25) is 0 Å². The highest BCUT2D eigenvalue weighted by Crippen LogP contribution is 2.51. The van der Waals surface area contributed by atoms with E-state index >= 15 is 0 Å². The monoisotopic (exact) mass is 288 g/mol. The van der Waals surface area contributed by atoms with E-state index in [1.165, 1.54) is 23.3 Å². The van der Waals surface area contributed by atoms with Crippen LogP contribution in [0.2, 0.25) is 0 Å². The third kappa shape index (κ3) is 4.85. The topological polar surface area (TPSA) is 35.8 Å². The SMILES string of the molecule is CC(C)CNCc1ccc(SCC2(CC#N)CC2)cc1. The van der Waals surface area contributed by atoms with Gasteiger partial charge >= 0.3 is 0 Å². The summed E-state index contributed by atoms with van der Waals surface area (Å²) in [4.78, 5) is 1.32. The third-order valence-corrected chi connectivity index (χ3v) is 5.12. The molecule has 1 N–H and O–H groups in total. The summed E-state index contributed by atoms with van der Waals surface area (Å²) in [5, 5.41) is 12.3. The molecule has 0 aliphatic heterocycles.